The molecule has 0 radical (unpaired) electrons. The van der Waals surface area contributed by atoms with Gasteiger partial charge in [-0.1, -0.05) is 19.6 Å². The van der Waals surface area contributed by atoms with Gasteiger partial charge in [0, 0.05) is 13.7 Å². The van der Waals surface area contributed by atoms with Crippen molar-refractivity contribution in [1.29, 1.82) is 0 Å². The van der Waals surface area contributed by atoms with Crippen LogP contribution in [0.2, 0.25) is 0 Å². The zero-order chi connectivity index (χ0) is 15.1. The first kappa shape index (κ1) is 18.3. The summed E-state index contributed by atoms with van der Waals surface area (Å²) in [6.07, 6.45) is 1.68. The number of benzene rings is 1. The Labute approximate surface area is 131 Å². The lowest BCUT2D eigenvalue weighted by molar-refractivity contribution is -0.0917. The first-order chi connectivity index (χ1) is 10.3. The van der Waals surface area contributed by atoms with E-state index in [-0.39, 0.29) is 19.2 Å². The second-order valence-corrected chi connectivity index (χ2v) is 4.73. The first-order valence-corrected chi connectivity index (χ1v) is 7.06. The number of carbonyl (C=O) groups is 2. The maximum Gasteiger partial charge on any atom is 0.285 e. The second-order valence-electron chi connectivity index (χ2n) is 4.73. The van der Waals surface area contributed by atoms with E-state index in [1.54, 1.807) is 31.4 Å². The van der Waals surface area contributed by atoms with Gasteiger partial charge < -0.3 is 10.1 Å². The van der Waals surface area contributed by atoms with Crippen molar-refractivity contribution in [3.8, 4) is 0 Å². The standard InChI is InChI=1S/C15H20N2O4.CH4/c1-20-10-4-8-16-9-5-11-21-17-14(18)12-6-2-3-7-13(12)15(17)19;/h2-3,6-7,16H,4-5,8-11H2,1H3;1H4. The van der Waals surface area contributed by atoms with E-state index in [0.717, 1.165) is 37.6 Å². The Bertz CT molecular complexity index is 470. The van der Waals surface area contributed by atoms with Crippen LogP contribution in [0.15, 0.2) is 24.3 Å². The molecule has 0 unspecified atom stereocenters. The molecule has 0 aromatic heterocycles. The molecule has 0 aliphatic carbocycles. The Morgan fingerprint density at radius 2 is 1.55 bits per heavy atom. The maximum atomic E-state index is 12.0. The minimum atomic E-state index is -0.386. The van der Waals surface area contributed by atoms with Gasteiger partial charge in [-0.3, -0.25) is 14.4 Å². The van der Waals surface area contributed by atoms with Gasteiger partial charge in [-0.2, -0.15) is 0 Å². The molecule has 0 saturated carbocycles. The van der Waals surface area contributed by atoms with Gasteiger partial charge in [-0.05, 0) is 38.1 Å². The van der Waals surface area contributed by atoms with Crippen molar-refractivity contribution in [3.63, 3.8) is 0 Å². The topological polar surface area (TPSA) is 67.9 Å². The van der Waals surface area contributed by atoms with Crippen LogP contribution in [0.1, 0.15) is 41.0 Å². The summed E-state index contributed by atoms with van der Waals surface area (Å²) in [5.41, 5.74) is 0.806. The van der Waals surface area contributed by atoms with Crippen LogP contribution in [0, 0.1) is 0 Å². The number of hydroxylamine groups is 2. The largest absolute Gasteiger partial charge is 0.385 e. The van der Waals surface area contributed by atoms with Crippen LogP contribution in [0.3, 0.4) is 0 Å². The highest BCUT2D eigenvalue weighted by Gasteiger charge is 2.36. The summed E-state index contributed by atoms with van der Waals surface area (Å²) in [5.74, 6) is -0.771. The molecule has 0 atom stereocenters. The molecule has 0 bridgehead atoms. The third kappa shape index (κ3) is 4.37. The Balaban J connectivity index is 0.00000242. The lowest BCUT2D eigenvalue weighted by atomic mass is 10.1. The van der Waals surface area contributed by atoms with Crippen LogP contribution in [0.5, 0.6) is 0 Å². The highest BCUT2D eigenvalue weighted by molar-refractivity contribution is 6.20. The van der Waals surface area contributed by atoms with Gasteiger partial charge in [-0.25, -0.2) is 0 Å². The summed E-state index contributed by atoms with van der Waals surface area (Å²) < 4.78 is 4.95. The number of hydrogen-bond donors (Lipinski definition) is 1. The van der Waals surface area contributed by atoms with Crippen molar-refractivity contribution < 1.29 is 19.2 Å². The predicted molar refractivity (Wildman–Crippen MR) is 83.6 cm³/mol. The summed E-state index contributed by atoms with van der Waals surface area (Å²) in [4.78, 5) is 29.3. The molecule has 0 saturated heterocycles. The zero-order valence-corrected chi connectivity index (χ0v) is 12.1. The minimum absolute atomic E-state index is 0. The summed E-state index contributed by atoms with van der Waals surface area (Å²) >= 11 is 0. The highest BCUT2D eigenvalue weighted by atomic mass is 16.7. The molecule has 1 aliphatic rings. The Morgan fingerprint density at radius 3 is 2.09 bits per heavy atom. The number of imide groups is 1. The zero-order valence-electron chi connectivity index (χ0n) is 12.1. The molecule has 1 heterocycles. The second kappa shape index (κ2) is 9.30. The average molecular weight is 308 g/mol. The number of ether oxygens (including phenoxy) is 1. The van der Waals surface area contributed by atoms with E-state index in [1.165, 1.54) is 0 Å². The predicted octanol–water partition coefficient (Wildman–Crippen LogP) is 1.87. The summed E-state index contributed by atoms with van der Waals surface area (Å²) in [5, 5.41) is 4.09. The average Bonchev–Trinajstić information content (AvgIpc) is 2.75. The number of nitrogens with one attached hydrogen (secondary N) is 1. The maximum absolute atomic E-state index is 12.0. The molecular formula is C16H24N2O4. The fraction of sp³-hybridized carbons (Fsp3) is 0.500. The number of methoxy groups -OCH3 is 1. The molecule has 1 aliphatic heterocycles. The first-order valence-electron chi connectivity index (χ1n) is 7.06. The molecule has 22 heavy (non-hydrogen) atoms. The Morgan fingerprint density at radius 1 is 1.00 bits per heavy atom. The number of carbonyl (C=O) groups excluding carboxylic acids is 2. The molecule has 6 heteroatoms. The van der Waals surface area contributed by atoms with Crippen LogP contribution in [0.25, 0.3) is 0 Å². The third-order valence-electron chi connectivity index (χ3n) is 3.18. The molecule has 1 N–H and O–H groups in total. The SMILES string of the molecule is C.COCCCNCCCON1C(=O)c2ccccc2C1=O. The molecule has 2 rings (SSSR count). The van der Waals surface area contributed by atoms with Crippen molar-refractivity contribution in [2.75, 3.05) is 33.4 Å². The number of fused-ring (bicyclic) bond motifs is 1. The molecule has 0 spiro atoms. The molecule has 2 amide bonds. The number of nitrogens with zero attached hydrogens (tertiary/aromatic N) is 1. The van der Waals surface area contributed by atoms with Crippen LogP contribution in [-0.2, 0) is 9.57 Å². The van der Waals surface area contributed by atoms with Gasteiger partial charge in [0.2, 0.25) is 0 Å². The monoisotopic (exact) mass is 308 g/mol. The quantitative estimate of drug-likeness (QED) is 0.557. The van der Waals surface area contributed by atoms with Crippen molar-refractivity contribution >= 4 is 11.8 Å². The molecule has 122 valence electrons. The van der Waals surface area contributed by atoms with Crippen LogP contribution >= 0.6 is 0 Å². The van der Waals surface area contributed by atoms with Crippen molar-refractivity contribution in [3.05, 3.63) is 35.4 Å². The van der Waals surface area contributed by atoms with Gasteiger partial charge in [-0.15, -0.1) is 5.06 Å². The van der Waals surface area contributed by atoms with Crippen LogP contribution in [0.4, 0.5) is 0 Å². The van der Waals surface area contributed by atoms with E-state index in [0.29, 0.717) is 17.7 Å². The van der Waals surface area contributed by atoms with E-state index >= 15 is 0 Å². The lowest BCUT2D eigenvalue weighted by Crippen LogP contribution is -2.31. The number of rotatable bonds is 9. The summed E-state index contributed by atoms with van der Waals surface area (Å²) in [6, 6.07) is 6.74. The van der Waals surface area contributed by atoms with Crippen LogP contribution in [-0.4, -0.2) is 50.3 Å². The molecule has 6 nitrogen and oxygen atoms in total. The van der Waals surface area contributed by atoms with Gasteiger partial charge >= 0.3 is 0 Å². The molecular weight excluding hydrogens is 284 g/mol. The van der Waals surface area contributed by atoms with E-state index in [4.69, 9.17) is 9.57 Å². The van der Waals surface area contributed by atoms with Crippen molar-refractivity contribution in [1.82, 2.24) is 10.4 Å². The van der Waals surface area contributed by atoms with Gasteiger partial charge in [0.25, 0.3) is 11.8 Å². The molecule has 1 aromatic rings. The fourth-order valence-corrected chi connectivity index (χ4v) is 2.10. The third-order valence-corrected chi connectivity index (χ3v) is 3.18. The minimum Gasteiger partial charge on any atom is -0.385 e. The van der Waals surface area contributed by atoms with E-state index in [2.05, 4.69) is 5.32 Å². The molecule has 1 aromatic carbocycles. The van der Waals surface area contributed by atoms with Crippen molar-refractivity contribution in [2.45, 2.75) is 20.3 Å². The van der Waals surface area contributed by atoms with Crippen molar-refractivity contribution in [2.24, 2.45) is 0 Å². The Hall–Kier alpha value is -1.76. The summed E-state index contributed by atoms with van der Waals surface area (Å²) in [7, 11) is 1.68. The molecule has 0 fully saturated rings. The summed E-state index contributed by atoms with van der Waals surface area (Å²) in [6.45, 7) is 2.70. The highest BCUT2D eigenvalue weighted by Crippen LogP contribution is 2.22. The smallest absolute Gasteiger partial charge is 0.285 e. The Kier molecular flexibility index (Phi) is 7.73. The van der Waals surface area contributed by atoms with E-state index in [9.17, 15) is 9.59 Å². The normalized spacial score (nSPS) is 13.2. The van der Waals surface area contributed by atoms with Gasteiger partial charge in [0.1, 0.15) is 0 Å². The van der Waals surface area contributed by atoms with E-state index < -0.39 is 0 Å². The fourth-order valence-electron chi connectivity index (χ4n) is 2.10. The number of hydrogen-bond acceptors (Lipinski definition) is 5. The lowest BCUT2D eigenvalue weighted by Gasteiger charge is -2.13. The van der Waals surface area contributed by atoms with Gasteiger partial charge in [0.05, 0.1) is 17.7 Å². The van der Waals surface area contributed by atoms with E-state index in [1.807, 2.05) is 0 Å². The number of amides is 2. The van der Waals surface area contributed by atoms with Crippen LogP contribution < -0.4 is 5.32 Å². The van der Waals surface area contributed by atoms with Gasteiger partial charge in [0.15, 0.2) is 0 Å².